The van der Waals surface area contributed by atoms with Crippen molar-refractivity contribution >= 4 is 28.7 Å². The van der Waals surface area contributed by atoms with E-state index in [0.29, 0.717) is 0 Å². The third-order valence-corrected chi connectivity index (χ3v) is 4.64. The smallest absolute Gasteiger partial charge is 0.173 e. The molecule has 24 heavy (non-hydrogen) atoms. The molecule has 0 atom stereocenters. The Morgan fingerprint density at radius 1 is 1.04 bits per heavy atom. The molecule has 0 bridgehead atoms. The number of para-hydroxylation sites is 2. The second-order valence-electron chi connectivity index (χ2n) is 5.94. The SMILES string of the molecule is COc1ccccc1NC(=S)N1CCN(c2cccc(C)c2)CC1. The molecule has 0 radical (unpaired) electrons. The Hall–Kier alpha value is -2.27. The Bertz CT molecular complexity index is 711. The molecule has 1 aliphatic heterocycles. The quantitative estimate of drug-likeness (QED) is 0.862. The topological polar surface area (TPSA) is 27.7 Å². The number of nitrogens with zero attached hydrogens (tertiary/aromatic N) is 2. The summed E-state index contributed by atoms with van der Waals surface area (Å²) in [6, 6.07) is 16.5. The van der Waals surface area contributed by atoms with Gasteiger partial charge in [0, 0.05) is 31.9 Å². The fraction of sp³-hybridized carbons (Fsp3) is 0.316. The van der Waals surface area contributed by atoms with Crippen LogP contribution in [0.1, 0.15) is 5.56 Å². The zero-order valence-corrected chi connectivity index (χ0v) is 15.0. The number of anilines is 2. The Kier molecular flexibility index (Phi) is 5.20. The normalized spacial score (nSPS) is 14.4. The van der Waals surface area contributed by atoms with Crippen LogP contribution in [0.5, 0.6) is 5.75 Å². The van der Waals surface area contributed by atoms with Crippen LogP contribution in [0.25, 0.3) is 0 Å². The first-order chi connectivity index (χ1) is 11.7. The largest absolute Gasteiger partial charge is 0.495 e. The minimum atomic E-state index is 0.753. The minimum Gasteiger partial charge on any atom is -0.495 e. The van der Waals surface area contributed by atoms with Crippen molar-refractivity contribution in [2.45, 2.75) is 6.92 Å². The highest BCUT2D eigenvalue weighted by Crippen LogP contribution is 2.24. The standard InChI is InChI=1S/C19H23N3OS/c1-15-6-5-7-16(14-15)21-10-12-22(13-11-21)19(24)20-17-8-3-4-9-18(17)23-2/h3-9,14H,10-13H2,1-2H3,(H,20,24). The van der Waals surface area contributed by atoms with Crippen LogP contribution in [-0.4, -0.2) is 43.3 Å². The average Bonchev–Trinajstić information content (AvgIpc) is 2.62. The number of methoxy groups -OCH3 is 1. The van der Waals surface area contributed by atoms with Crippen LogP contribution in [-0.2, 0) is 0 Å². The van der Waals surface area contributed by atoms with Gasteiger partial charge in [0.2, 0.25) is 0 Å². The van der Waals surface area contributed by atoms with Gasteiger partial charge in [0.05, 0.1) is 12.8 Å². The molecule has 0 spiro atoms. The molecule has 1 aliphatic rings. The van der Waals surface area contributed by atoms with Gasteiger partial charge in [-0.25, -0.2) is 0 Å². The number of rotatable bonds is 3. The van der Waals surface area contributed by atoms with Crippen LogP contribution >= 0.6 is 12.2 Å². The molecule has 4 nitrogen and oxygen atoms in total. The first kappa shape index (κ1) is 16.6. The number of hydrogen-bond acceptors (Lipinski definition) is 3. The summed E-state index contributed by atoms with van der Waals surface area (Å²) in [6.07, 6.45) is 0. The van der Waals surface area contributed by atoms with Gasteiger partial charge in [-0.15, -0.1) is 0 Å². The lowest BCUT2D eigenvalue weighted by atomic mass is 10.2. The van der Waals surface area contributed by atoms with E-state index < -0.39 is 0 Å². The predicted octanol–water partition coefficient (Wildman–Crippen LogP) is 3.52. The number of aryl methyl sites for hydroxylation is 1. The number of thiocarbonyl (C=S) groups is 1. The second kappa shape index (κ2) is 7.53. The summed E-state index contributed by atoms with van der Waals surface area (Å²) in [7, 11) is 1.67. The van der Waals surface area contributed by atoms with Crippen molar-refractivity contribution in [3.05, 3.63) is 54.1 Å². The highest BCUT2D eigenvalue weighted by atomic mass is 32.1. The van der Waals surface area contributed by atoms with Gasteiger partial charge in [0.25, 0.3) is 0 Å². The van der Waals surface area contributed by atoms with Crippen LogP contribution in [0, 0.1) is 6.92 Å². The molecule has 5 heteroatoms. The van der Waals surface area contributed by atoms with Crippen LogP contribution < -0.4 is 15.0 Å². The van der Waals surface area contributed by atoms with Crippen molar-refractivity contribution in [1.82, 2.24) is 4.90 Å². The lowest BCUT2D eigenvalue weighted by Crippen LogP contribution is -2.50. The number of piperazine rings is 1. The maximum atomic E-state index is 5.58. The summed E-state index contributed by atoms with van der Waals surface area (Å²) in [6.45, 7) is 5.89. The maximum absolute atomic E-state index is 5.58. The molecule has 1 N–H and O–H groups in total. The molecule has 1 heterocycles. The van der Waals surface area contributed by atoms with E-state index in [1.165, 1.54) is 11.3 Å². The summed E-state index contributed by atoms with van der Waals surface area (Å²) in [5, 5.41) is 4.06. The summed E-state index contributed by atoms with van der Waals surface area (Å²) in [4.78, 5) is 4.63. The van der Waals surface area contributed by atoms with E-state index in [0.717, 1.165) is 42.7 Å². The first-order valence-corrected chi connectivity index (χ1v) is 8.59. The number of benzene rings is 2. The molecule has 3 rings (SSSR count). The van der Waals surface area contributed by atoms with E-state index in [1.54, 1.807) is 7.11 Å². The highest BCUT2D eigenvalue weighted by Gasteiger charge is 2.19. The second-order valence-corrected chi connectivity index (χ2v) is 6.33. The monoisotopic (exact) mass is 341 g/mol. The van der Waals surface area contributed by atoms with E-state index in [2.05, 4.69) is 46.3 Å². The van der Waals surface area contributed by atoms with Gasteiger partial charge in [0.15, 0.2) is 5.11 Å². The molecule has 0 aliphatic carbocycles. The van der Waals surface area contributed by atoms with Crippen molar-refractivity contribution < 1.29 is 4.74 Å². The zero-order chi connectivity index (χ0) is 16.9. The Balaban J connectivity index is 1.59. The van der Waals surface area contributed by atoms with Crippen molar-refractivity contribution in [2.75, 3.05) is 43.5 Å². The lowest BCUT2D eigenvalue weighted by Gasteiger charge is -2.37. The van der Waals surface area contributed by atoms with Crippen molar-refractivity contribution in [1.29, 1.82) is 0 Å². The first-order valence-electron chi connectivity index (χ1n) is 8.18. The molecule has 0 unspecified atom stereocenters. The molecule has 0 amide bonds. The van der Waals surface area contributed by atoms with Crippen molar-refractivity contribution in [3.63, 3.8) is 0 Å². The molecule has 0 aromatic heterocycles. The third kappa shape index (κ3) is 3.79. The number of nitrogens with one attached hydrogen (secondary N) is 1. The van der Waals surface area contributed by atoms with Gasteiger partial charge >= 0.3 is 0 Å². The fourth-order valence-corrected chi connectivity index (χ4v) is 3.23. The maximum Gasteiger partial charge on any atom is 0.173 e. The van der Waals surface area contributed by atoms with Crippen molar-refractivity contribution in [2.24, 2.45) is 0 Å². The van der Waals surface area contributed by atoms with E-state index in [9.17, 15) is 0 Å². The van der Waals surface area contributed by atoms with Gasteiger partial charge < -0.3 is 19.9 Å². The summed E-state index contributed by atoms with van der Waals surface area (Å²) in [5.41, 5.74) is 3.49. The predicted molar refractivity (Wildman–Crippen MR) is 104 cm³/mol. The molecule has 0 saturated carbocycles. The zero-order valence-electron chi connectivity index (χ0n) is 14.2. The lowest BCUT2D eigenvalue weighted by molar-refractivity contribution is 0.390. The fourth-order valence-electron chi connectivity index (χ4n) is 2.93. The Morgan fingerprint density at radius 2 is 1.79 bits per heavy atom. The van der Waals surface area contributed by atoms with Crippen LogP contribution in [0.15, 0.2) is 48.5 Å². The van der Waals surface area contributed by atoms with Gasteiger partial charge in [-0.05, 0) is 49.0 Å². The molecular formula is C19H23N3OS. The van der Waals surface area contributed by atoms with Gasteiger partial charge in [0.1, 0.15) is 5.75 Å². The van der Waals surface area contributed by atoms with Gasteiger partial charge in [-0.1, -0.05) is 24.3 Å². The Morgan fingerprint density at radius 3 is 2.50 bits per heavy atom. The van der Waals surface area contributed by atoms with E-state index >= 15 is 0 Å². The van der Waals surface area contributed by atoms with E-state index in [4.69, 9.17) is 17.0 Å². The Labute approximate surface area is 149 Å². The van der Waals surface area contributed by atoms with Crippen molar-refractivity contribution in [3.8, 4) is 5.75 Å². The molecule has 1 saturated heterocycles. The van der Waals surface area contributed by atoms with Gasteiger partial charge in [-0.3, -0.25) is 0 Å². The van der Waals surface area contributed by atoms with E-state index in [1.807, 2.05) is 24.3 Å². The van der Waals surface area contributed by atoms with E-state index in [-0.39, 0.29) is 0 Å². The minimum absolute atomic E-state index is 0.753. The third-order valence-electron chi connectivity index (χ3n) is 4.28. The molecular weight excluding hydrogens is 318 g/mol. The average molecular weight is 341 g/mol. The summed E-state index contributed by atoms with van der Waals surface area (Å²) in [5.74, 6) is 0.804. The van der Waals surface area contributed by atoms with Crippen LogP contribution in [0.3, 0.4) is 0 Å². The highest BCUT2D eigenvalue weighted by molar-refractivity contribution is 7.80. The molecule has 2 aromatic rings. The van der Waals surface area contributed by atoms with Crippen LogP contribution in [0.2, 0.25) is 0 Å². The summed E-state index contributed by atoms with van der Waals surface area (Å²) < 4.78 is 5.37. The molecule has 1 fully saturated rings. The molecule has 126 valence electrons. The van der Waals surface area contributed by atoms with Gasteiger partial charge in [-0.2, -0.15) is 0 Å². The number of ether oxygens (including phenoxy) is 1. The summed E-state index contributed by atoms with van der Waals surface area (Å²) >= 11 is 5.58. The molecule has 2 aromatic carbocycles. The number of hydrogen-bond donors (Lipinski definition) is 1. The van der Waals surface area contributed by atoms with Crippen LogP contribution in [0.4, 0.5) is 11.4 Å².